The zero-order valence-corrected chi connectivity index (χ0v) is 10.1. The Morgan fingerprint density at radius 1 is 1.07 bits per heavy atom. The van der Waals surface area contributed by atoms with Crippen LogP contribution in [0.25, 0.3) is 21.5 Å². The van der Waals surface area contributed by atoms with Gasteiger partial charge in [-0.3, -0.25) is 0 Å². The van der Waals surface area contributed by atoms with Gasteiger partial charge in [-0.15, -0.1) is 0 Å². The van der Waals surface area contributed by atoms with Crippen molar-refractivity contribution < 1.29 is 0 Å². The molecule has 0 atom stereocenters. The lowest BCUT2D eigenvalue weighted by atomic mass is 10.2. The minimum Gasteiger partial charge on any atom is -0.354 e. The van der Waals surface area contributed by atoms with Gasteiger partial charge in [0, 0.05) is 10.9 Å². The van der Waals surface area contributed by atoms with Crippen molar-refractivity contribution in [3.63, 3.8) is 0 Å². The maximum Gasteiger partial charge on any atom is 0.102 e. The molecule has 0 amide bonds. The van der Waals surface area contributed by atoms with Gasteiger partial charge in [-0.1, -0.05) is 51.1 Å². The number of hydrogen-bond donors (Lipinski definition) is 1. The molecule has 0 aliphatic carbocycles. The number of aromatic nitrogens is 1. The number of benzene rings is 1. The van der Waals surface area contributed by atoms with Crippen LogP contribution in [0.3, 0.4) is 0 Å². The molecule has 0 fully saturated rings. The van der Waals surface area contributed by atoms with E-state index < -0.39 is 0 Å². The van der Waals surface area contributed by atoms with Gasteiger partial charge in [0.05, 0.1) is 10.6 Å². The summed E-state index contributed by atoms with van der Waals surface area (Å²) in [6.07, 6.45) is 0. The van der Waals surface area contributed by atoms with E-state index in [1.165, 1.54) is 15.8 Å². The molecular formula is C11H7NS3. The number of para-hydroxylation sites is 1. The van der Waals surface area contributed by atoms with E-state index in [0.717, 1.165) is 9.52 Å². The number of fused-ring (bicyclic) bond motifs is 1. The topological polar surface area (TPSA) is 15.8 Å². The summed E-state index contributed by atoms with van der Waals surface area (Å²) in [5, 5.41) is 1.25. The van der Waals surface area contributed by atoms with Gasteiger partial charge in [0.25, 0.3) is 0 Å². The number of nitrogens with one attached hydrogen (secondary N) is 1. The Morgan fingerprint density at radius 2 is 1.93 bits per heavy atom. The molecule has 4 heteroatoms. The molecule has 74 valence electrons. The number of aromatic amines is 1. The predicted octanol–water partition coefficient (Wildman–Crippen LogP) is 4.69. The van der Waals surface area contributed by atoms with Gasteiger partial charge in [-0.2, -0.15) is 0 Å². The van der Waals surface area contributed by atoms with Gasteiger partial charge in [0.15, 0.2) is 0 Å². The van der Waals surface area contributed by atoms with E-state index >= 15 is 0 Å². The molecule has 0 saturated heterocycles. The maximum absolute atomic E-state index is 5.13. The van der Waals surface area contributed by atoms with Crippen molar-refractivity contribution in [3.05, 3.63) is 40.2 Å². The molecule has 0 unspecified atom stereocenters. The Hall–Kier alpha value is -0.970. The standard InChI is InChI=1S/C11H7NS3/c13-11-6-10(14-15-11)9-5-7-3-1-2-4-8(7)12-9/h1-6,12H. The summed E-state index contributed by atoms with van der Waals surface area (Å²) in [6, 6.07) is 12.5. The van der Waals surface area contributed by atoms with Crippen LogP contribution < -0.4 is 0 Å². The monoisotopic (exact) mass is 249 g/mol. The fourth-order valence-corrected chi connectivity index (χ4v) is 3.92. The molecule has 2 heterocycles. The lowest BCUT2D eigenvalue weighted by molar-refractivity contribution is 1.48. The van der Waals surface area contributed by atoms with E-state index in [0.29, 0.717) is 0 Å². The van der Waals surface area contributed by atoms with E-state index in [2.05, 4.69) is 35.3 Å². The third kappa shape index (κ3) is 1.65. The molecule has 0 aliphatic heterocycles. The second-order valence-corrected chi connectivity index (χ2v) is 6.18. The first kappa shape index (κ1) is 9.27. The quantitative estimate of drug-likeness (QED) is 0.489. The van der Waals surface area contributed by atoms with Crippen molar-refractivity contribution in [2.75, 3.05) is 0 Å². The summed E-state index contributed by atoms with van der Waals surface area (Å²) in [4.78, 5) is 4.62. The van der Waals surface area contributed by atoms with E-state index in [1.54, 1.807) is 20.7 Å². The first-order valence-electron chi connectivity index (χ1n) is 4.51. The zero-order chi connectivity index (χ0) is 10.3. The molecule has 0 aliphatic rings. The van der Waals surface area contributed by atoms with Gasteiger partial charge in [0.2, 0.25) is 0 Å². The van der Waals surface area contributed by atoms with Crippen molar-refractivity contribution >= 4 is 43.8 Å². The van der Waals surface area contributed by atoms with Gasteiger partial charge in [-0.25, -0.2) is 0 Å². The van der Waals surface area contributed by atoms with Crippen LogP contribution in [-0.2, 0) is 0 Å². The van der Waals surface area contributed by atoms with Crippen molar-refractivity contribution in [1.82, 2.24) is 4.98 Å². The summed E-state index contributed by atoms with van der Waals surface area (Å²) in [7, 11) is 3.37. The lowest BCUT2D eigenvalue weighted by Crippen LogP contribution is -1.68. The molecular weight excluding hydrogens is 242 g/mol. The van der Waals surface area contributed by atoms with Crippen LogP contribution in [-0.4, -0.2) is 4.98 Å². The summed E-state index contributed by atoms with van der Waals surface area (Å²) in [5.74, 6) is 0. The van der Waals surface area contributed by atoms with Crippen molar-refractivity contribution in [2.24, 2.45) is 0 Å². The fourth-order valence-electron chi connectivity index (χ4n) is 1.57. The largest absolute Gasteiger partial charge is 0.354 e. The second kappa shape index (κ2) is 3.56. The van der Waals surface area contributed by atoms with E-state index in [1.807, 2.05) is 6.07 Å². The average molecular weight is 249 g/mol. The van der Waals surface area contributed by atoms with Gasteiger partial charge in [0.1, 0.15) is 3.82 Å². The zero-order valence-electron chi connectivity index (χ0n) is 7.69. The Bertz CT molecular complexity index is 626. The molecule has 0 radical (unpaired) electrons. The predicted molar refractivity (Wildman–Crippen MR) is 70.3 cm³/mol. The van der Waals surface area contributed by atoms with Crippen LogP contribution in [0.1, 0.15) is 0 Å². The van der Waals surface area contributed by atoms with Crippen LogP contribution in [0, 0.1) is 3.82 Å². The maximum atomic E-state index is 5.13. The van der Waals surface area contributed by atoms with E-state index in [9.17, 15) is 0 Å². The second-order valence-electron chi connectivity index (χ2n) is 3.26. The number of H-pyrrole nitrogens is 1. The summed E-state index contributed by atoms with van der Waals surface area (Å²) < 4.78 is 0.952. The molecule has 0 spiro atoms. The molecule has 1 N–H and O–H groups in total. The highest BCUT2D eigenvalue weighted by Gasteiger charge is 2.04. The van der Waals surface area contributed by atoms with Gasteiger partial charge < -0.3 is 4.98 Å². The minimum atomic E-state index is 0.952. The van der Waals surface area contributed by atoms with Gasteiger partial charge >= 0.3 is 0 Å². The molecule has 0 bridgehead atoms. The number of rotatable bonds is 1. The average Bonchev–Trinajstić information content (AvgIpc) is 2.82. The first-order chi connectivity index (χ1) is 7.33. The summed E-state index contributed by atoms with van der Waals surface area (Å²) >= 11 is 5.13. The summed E-state index contributed by atoms with van der Waals surface area (Å²) in [5.41, 5.74) is 2.34. The third-order valence-corrected chi connectivity index (χ3v) is 5.15. The van der Waals surface area contributed by atoms with Crippen molar-refractivity contribution in [1.29, 1.82) is 0 Å². The molecule has 3 rings (SSSR count). The Labute approximate surface area is 99.4 Å². The SMILES string of the molecule is S=c1cc(-c2cc3ccccc3[nH]2)ss1. The molecule has 15 heavy (non-hydrogen) atoms. The van der Waals surface area contributed by atoms with E-state index in [-0.39, 0.29) is 0 Å². The fraction of sp³-hybridized carbons (Fsp3) is 0. The Balaban J connectivity index is 2.24. The normalized spacial score (nSPS) is 10.9. The van der Waals surface area contributed by atoms with Crippen LogP contribution in [0.2, 0.25) is 0 Å². The highest BCUT2D eigenvalue weighted by Crippen LogP contribution is 2.30. The van der Waals surface area contributed by atoms with Crippen LogP contribution >= 0.6 is 32.9 Å². The Morgan fingerprint density at radius 3 is 2.67 bits per heavy atom. The molecule has 0 saturated carbocycles. The van der Waals surface area contributed by atoms with Crippen LogP contribution in [0.5, 0.6) is 0 Å². The smallest absolute Gasteiger partial charge is 0.102 e. The lowest BCUT2D eigenvalue weighted by Gasteiger charge is -1.87. The van der Waals surface area contributed by atoms with E-state index in [4.69, 9.17) is 12.2 Å². The highest BCUT2D eigenvalue weighted by molar-refractivity contribution is 7.80. The molecule has 3 aromatic rings. The first-order valence-corrected chi connectivity index (χ1v) is 7.07. The van der Waals surface area contributed by atoms with Crippen molar-refractivity contribution in [2.45, 2.75) is 0 Å². The van der Waals surface area contributed by atoms with Crippen LogP contribution in [0.4, 0.5) is 0 Å². The third-order valence-electron chi connectivity index (χ3n) is 2.26. The highest BCUT2D eigenvalue weighted by atomic mass is 32.9. The van der Waals surface area contributed by atoms with Crippen molar-refractivity contribution in [3.8, 4) is 10.6 Å². The molecule has 1 aromatic carbocycles. The van der Waals surface area contributed by atoms with Crippen LogP contribution in [0.15, 0.2) is 36.4 Å². The minimum absolute atomic E-state index is 0.952. The molecule has 1 nitrogen and oxygen atoms in total. The van der Waals surface area contributed by atoms with Gasteiger partial charge in [-0.05, 0) is 18.2 Å². The molecule has 2 aromatic heterocycles. The Kier molecular flexibility index (Phi) is 2.20. The number of hydrogen-bond acceptors (Lipinski definition) is 3. The summed E-state index contributed by atoms with van der Waals surface area (Å²) in [6.45, 7) is 0.